The van der Waals surface area contributed by atoms with Crippen molar-refractivity contribution in [2.45, 2.75) is 18.9 Å². The number of amides is 1. The van der Waals surface area contributed by atoms with Crippen molar-refractivity contribution in [3.63, 3.8) is 0 Å². The van der Waals surface area contributed by atoms with Gasteiger partial charge in [0.2, 0.25) is 0 Å². The molecule has 0 aliphatic carbocycles. The zero-order chi connectivity index (χ0) is 13.0. The van der Waals surface area contributed by atoms with Crippen LogP contribution < -0.4 is 5.32 Å². The lowest BCUT2D eigenvalue weighted by Crippen LogP contribution is -2.26. The maximum Gasteiger partial charge on any atom is 0.337 e. The molecule has 5 nitrogen and oxygen atoms in total. The van der Waals surface area contributed by atoms with E-state index in [1.165, 1.54) is 7.11 Å². The van der Waals surface area contributed by atoms with Crippen molar-refractivity contribution in [1.82, 2.24) is 0 Å². The van der Waals surface area contributed by atoms with Gasteiger partial charge in [0.25, 0.3) is 5.91 Å². The molecule has 1 aliphatic rings. The van der Waals surface area contributed by atoms with Gasteiger partial charge >= 0.3 is 5.97 Å². The molecule has 0 aromatic heterocycles. The zero-order valence-corrected chi connectivity index (χ0v) is 10.1. The van der Waals surface area contributed by atoms with Crippen LogP contribution in [0.1, 0.15) is 23.2 Å². The maximum atomic E-state index is 11.8. The number of hydrogen-bond acceptors (Lipinski definition) is 4. The average molecular weight is 249 g/mol. The quantitative estimate of drug-likeness (QED) is 0.826. The Morgan fingerprint density at radius 1 is 1.44 bits per heavy atom. The van der Waals surface area contributed by atoms with E-state index in [-0.39, 0.29) is 12.0 Å². The number of nitrogens with one attached hydrogen (secondary N) is 1. The number of ether oxygens (including phenoxy) is 2. The Labute approximate surface area is 105 Å². The summed E-state index contributed by atoms with van der Waals surface area (Å²) in [5.41, 5.74) is 0.973. The van der Waals surface area contributed by atoms with Crippen LogP contribution in [0, 0.1) is 0 Å². The number of benzene rings is 1. The maximum absolute atomic E-state index is 11.8. The molecule has 0 saturated carbocycles. The van der Waals surface area contributed by atoms with Crippen molar-refractivity contribution < 1.29 is 19.1 Å². The standard InChI is InChI=1S/C13H15NO4/c1-17-13(16)9-4-2-5-10(8-9)14-12(15)11-6-3-7-18-11/h2,4-5,8,11H,3,6-7H2,1H3,(H,14,15). The molecule has 96 valence electrons. The van der Waals surface area contributed by atoms with Gasteiger partial charge in [-0.1, -0.05) is 6.07 Å². The summed E-state index contributed by atoms with van der Waals surface area (Å²) < 4.78 is 9.90. The summed E-state index contributed by atoms with van der Waals surface area (Å²) in [5, 5.41) is 2.73. The van der Waals surface area contributed by atoms with Crippen molar-refractivity contribution >= 4 is 17.6 Å². The van der Waals surface area contributed by atoms with Crippen LogP contribution in [0.5, 0.6) is 0 Å². The van der Waals surface area contributed by atoms with Gasteiger partial charge in [0.05, 0.1) is 12.7 Å². The largest absolute Gasteiger partial charge is 0.465 e. The highest BCUT2D eigenvalue weighted by Gasteiger charge is 2.23. The molecule has 2 rings (SSSR count). The van der Waals surface area contributed by atoms with Crippen LogP contribution in [0.15, 0.2) is 24.3 Å². The third kappa shape index (κ3) is 2.87. The van der Waals surface area contributed by atoms with Crippen LogP contribution in [0.2, 0.25) is 0 Å². The number of esters is 1. The zero-order valence-electron chi connectivity index (χ0n) is 10.1. The van der Waals surface area contributed by atoms with Crippen LogP contribution in [-0.2, 0) is 14.3 Å². The number of hydrogen-bond donors (Lipinski definition) is 1. The van der Waals surface area contributed by atoms with Gasteiger partial charge in [0.15, 0.2) is 0 Å². The number of anilines is 1. The summed E-state index contributed by atoms with van der Waals surface area (Å²) in [6.45, 7) is 0.625. The van der Waals surface area contributed by atoms with Crippen LogP contribution in [-0.4, -0.2) is 31.7 Å². The lowest BCUT2D eigenvalue weighted by molar-refractivity contribution is -0.124. The monoisotopic (exact) mass is 249 g/mol. The van der Waals surface area contributed by atoms with Crippen molar-refractivity contribution in [1.29, 1.82) is 0 Å². The van der Waals surface area contributed by atoms with Gasteiger partial charge in [-0.3, -0.25) is 4.79 Å². The minimum atomic E-state index is -0.428. The molecule has 0 spiro atoms. The first-order valence-corrected chi connectivity index (χ1v) is 5.81. The molecule has 1 aliphatic heterocycles. The molecule has 1 fully saturated rings. The fraction of sp³-hybridized carbons (Fsp3) is 0.385. The molecule has 1 unspecified atom stereocenters. The first-order valence-electron chi connectivity index (χ1n) is 5.81. The van der Waals surface area contributed by atoms with Gasteiger partial charge in [-0.15, -0.1) is 0 Å². The third-order valence-electron chi connectivity index (χ3n) is 2.77. The van der Waals surface area contributed by atoms with E-state index >= 15 is 0 Å². The van der Waals surface area contributed by atoms with Gasteiger partial charge in [-0.2, -0.15) is 0 Å². The lowest BCUT2D eigenvalue weighted by atomic mass is 10.2. The summed E-state index contributed by atoms with van der Waals surface area (Å²) in [5.74, 6) is -0.599. The Morgan fingerprint density at radius 3 is 2.94 bits per heavy atom. The fourth-order valence-corrected chi connectivity index (χ4v) is 1.85. The van der Waals surface area contributed by atoms with Crippen molar-refractivity contribution in [2.24, 2.45) is 0 Å². The molecule has 0 radical (unpaired) electrons. The molecular formula is C13H15NO4. The molecule has 1 atom stereocenters. The van der Waals surface area contributed by atoms with Crippen LogP contribution >= 0.6 is 0 Å². The summed E-state index contributed by atoms with van der Waals surface area (Å²) in [6, 6.07) is 6.63. The van der Waals surface area contributed by atoms with Crippen molar-refractivity contribution in [3.8, 4) is 0 Å². The third-order valence-corrected chi connectivity index (χ3v) is 2.77. The molecule has 0 bridgehead atoms. The van der Waals surface area contributed by atoms with E-state index in [0.29, 0.717) is 17.9 Å². The van der Waals surface area contributed by atoms with Gasteiger partial charge in [-0.25, -0.2) is 4.79 Å². The summed E-state index contributed by atoms with van der Waals surface area (Å²) in [4.78, 5) is 23.2. The molecule has 1 amide bonds. The summed E-state index contributed by atoms with van der Waals surface area (Å²) >= 11 is 0. The highest BCUT2D eigenvalue weighted by Crippen LogP contribution is 2.16. The number of carbonyl (C=O) groups is 2. The van der Waals surface area contributed by atoms with Crippen LogP contribution in [0.25, 0.3) is 0 Å². The fourth-order valence-electron chi connectivity index (χ4n) is 1.85. The molecular weight excluding hydrogens is 234 g/mol. The second kappa shape index (κ2) is 5.64. The second-order valence-electron chi connectivity index (χ2n) is 4.06. The van der Waals surface area contributed by atoms with E-state index in [0.717, 1.165) is 12.8 Å². The predicted octanol–water partition coefficient (Wildman–Crippen LogP) is 1.59. The van der Waals surface area contributed by atoms with Gasteiger partial charge in [0, 0.05) is 12.3 Å². The molecule has 18 heavy (non-hydrogen) atoms. The van der Waals surface area contributed by atoms with Crippen LogP contribution in [0.4, 0.5) is 5.69 Å². The highest BCUT2D eigenvalue weighted by molar-refractivity contribution is 5.96. The molecule has 1 heterocycles. The van der Waals surface area contributed by atoms with E-state index < -0.39 is 5.97 Å². The molecule has 1 aromatic rings. The molecule has 5 heteroatoms. The van der Waals surface area contributed by atoms with E-state index in [9.17, 15) is 9.59 Å². The smallest absolute Gasteiger partial charge is 0.337 e. The van der Waals surface area contributed by atoms with Crippen molar-refractivity contribution in [2.75, 3.05) is 19.0 Å². The molecule has 1 aromatic carbocycles. The first-order chi connectivity index (χ1) is 8.70. The lowest BCUT2D eigenvalue weighted by Gasteiger charge is -2.10. The van der Waals surface area contributed by atoms with E-state index in [2.05, 4.69) is 10.1 Å². The second-order valence-corrected chi connectivity index (χ2v) is 4.06. The Kier molecular flexibility index (Phi) is 3.94. The normalized spacial score (nSPS) is 18.4. The Hall–Kier alpha value is -1.88. The predicted molar refractivity (Wildman–Crippen MR) is 65.4 cm³/mol. The minimum absolute atomic E-state index is 0.172. The van der Waals surface area contributed by atoms with E-state index in [1.807, 2.05) is 0 Å². The van der Waals surface area contributed by atoms with Gasteiger partial charge in [0.1, 0.15) is 6.10 Å². The molecule has 1 N–H and O–H groups in total. The Bertz CT molecular complexity index is 452. The van der Waals surface area contributed by atoms with Crippen molar-refractivity contribution in [3.05, 3.63) is 29.8 Å². The minimum Gasteiger partial charge on any atom is -0.465 e. The Balaban J connectivity index is 2.04. The summed E-state index contributed by atoms with van der Waals surface area (Å²) in [7, 11) is 1.32. The van der Waals surface area contributed by atoms with Gasteiger partial charge in [-0.05, 0) is 31.0 Å². The number of rotatable bonds is 3. The van der Waals surface area contributed by atoms with Crippen LogP contribution in [0.3, 0.4) is 0 Å². The average Bonchev–Trinajstić information content (AvgIpc) is 2.92. The van der Waals surface area contributed by atoms with E-state index in [4.69, 9.17) is 4.74 Å². The Morgan fingerprint density at radius 2 is 2.28 bits per heavy atom. The topological polar surface area (TPSA) is 64.6 Å². The highest BCUT2D eigenvalue weighted by atomic mass is 16.5. The van der Waals surface area contributed by atoms with E-state index in [1.54, 1.807) is 24.3 Å². The number of carbonyl (C=O) groups excluding carboxylic acids is 2. The van der Waals surface area contributed by atoms with Gasteiger partial charge < -0.3 is 14.8 Å². The summed E-state index contributed by atoms with van der Waals surface area (Å²) in [6.07, 6.45) is 1.26. The SMILES string of the molecule is COC(=O)c1cccc(NC(=O)C2CCCO2)c1. The number of methoxy groups -OCH3 is 1. The molecule has 1 saturated heterocycles. The first kappa shape index (κ1) is 12.6.